The van der Waals surface area contributed by atoms with Gasteiger partial charge in [-0.1, -0.05) is 22.4 Å². The van der Waals surface area contributed by atoms with Crippen LogP contribution in [-0.2, 0) is 49.4 Å². The first-order valence-corrected chi connectivity index (χ1v) is 19.9. The first-order chi connectivity index (χ1) is 29.1. The fourth-order valence-corrected chi connectivity index (χ4v) is 7.58. The number of rotatable bonds is 11. The molecule has 1 aromatic carbocycles. The number of aliphatic hydroxyl groups excluding tert-OH is 6. The monoisotopic (exact) mass is 904 g/mol. The molecule has 16 N–H and O–H groups in total. The van der Waals surface area contributed by atoms with Gasteiger partial charge in [-0.15, -0.1) is 0 Å². The molecule has 346 valence electrons. The van der Waals surface area contributed by atoms with Gasteiger partial charge >= 0.3 is 0 Å². The smallest absolute Gasteiger partial charge is 0.261 e. The summed E-state index contributed by atoms with van der Waals surface area (Å²) in [5.74, 6) is -9.67. The number of benzene rings is 1. The molecule has 0 spiro atoms. The predicted molar refractivity (Wildman–Crippen MR) is 207 cm³/mol. The number of carbonyl (C=O) groups excluding carboxylic acids is 7. The molecule has 27 heteroatoms. The van der Waals surface area contributed by atoms with E-state index in [4.69, 9.17) is 20.9 Å². The third-order valence-corrected chi connectivity index (χ3v) is 10.9. The number of aromatic hydroxyl groups is 1. The topological polar surface area (TPSA) is 416 Å². The van der Waals surface area contributed by atoms with Gasteiger partial charge in [-0.3, -0.25) is 33.6 Å². The van der Waals surface area contributed by atoms with E-state index in [0.717, 1.165) is 28.9 Å². The molecule has 4 rings (SSSR count). The molecule has 1 aromatic rings. The minimum absolute atomic E-state index is 0.0692. The van der Waals surface area contributed by atoms with Crippen molar-refractivity contribution in [1.29, 1.82) is 0 Å². The van der Waals surface area contributed by atoms with Gasteiger partial charge in [0.15, 0.2) is 11.5 Å². The Hall–Kier alpha value is -4.94. The van der Waals surface area contributed by atoms with Crippen molar-refractivity contribution in [1.82, 2.24) is 31.1 Å². The summed E-state index contributed by atoms with van der Waals surface area (Å²) in [4.78, 5) is 96.9. The summed E-state index contributed by atoms with van der Waals surface area (Å²) in [7, 11) is 0. The zero-order valence-corrected chi connectivity index (χ0v) is 34.1. The quantitative estimate of drug-likeness (QED) is 0.0425. The van der Waals surface area contributed by atoms with E-state index in [2.05, 4.69) is 30.6 Å². The number of phenolic OH excluding ortho intramolecular Hbond substituents is 1. The molecule has 26 nitrogen and oxygen atoms in total. The van der Waals surface area contributed by atoms with Crippen LogP contribution in [0.5, 0.6) is 11.5 Å². The largest absolute Gasteiger partial charge is 0.504 e. The third-order valence-electron chi connectivity index (χ3n) is 10.5. The first kappa shape index (κ1) is 49.7. The number of nitrogens with one attached hydrogen (secondary N) is 4. The van der Waals surface area contributed by atoms with Gasteiger partial charge in [0.25, 0.3) is 12.3 Å². The average Bonchev–Trinajstić information content (AvgIpc) is 3.74. The van der Waals surface area contributed by atoms with Gasteiger partial charge < -0.3 is 82.5 Å². The summed E-state index contributed by atoms with van der Waals surface area (Å²) in [5.41, 5.74) is 11.4. The second-order valence-electron chi connectivity index (χ2n) is 15.3. The first-order valence-electron chi connectivity index (χ1n) is 19.2. The Morgan fingerprint density at radius 3 is 2.16 bits per heavy atom. The number of nitrogens with zero attached hydrogens (tertiary/aromatic N) is 2. The van der Waals surface area contributed by atoms with Crippen LogP contribution in [0, 0.1) is 5.92 Å². The molecule has 3 aliphatic heterocycles. The molecule has 62 heavy (non-hydrogen) atoms. The van der Waals surface area contributed by atoms with Gasteiger partial charge in [0, 0.05) is 38.4 Å². The molecule has 7 amide bonds. The van der Waals surface area contributed by atoms with Gasteiger partial charge in [-0.05, 0) is 31.0 Å². The Bertz CT molecular complexity index is 1810. The van der Waals surface area contributed by atoms with Crippen molar-refractivity contribution in [2.45, 2.75) is 112 Å². The molecule has 13 atom stereocenters. The van der Waals surface area contributed by atoms with Crippen molar-refractivity contribution in [3.8, 4) is 11.5 Å². The lowest BCUT2D eigenvalue weighted by Crippen LogP contribution is -2.64. The highest BCUT2D eigenvalue weighted by atomic mass is 32.2. The molecule has 3 saturated heterocycles. The number of phenols is 1. The van der Waals surface area contributed by atoms with E-state index in [1.165, 1.54) is 13.0 Å². The highest BCUT2D eigenvalue weighted by Crippen LogP contribution is 2.31. The zero-order chi connectivity index (χ0) is 46.2. The number of β-amino-alcohol motifs (C(OH)–C–C–N with tert-alkyl or cyclic N) is 1. The molecule has 0 radical (unpaired) electrons. The molecule has 3 heterocycles. The Morgan fingerprint density at radius 1 is 0.871 bits per heavy atom. The number of primary amides is 1. The summed E-state index contributed by atoms with van der Waals surface area (Å²) in [6.07, 6.45) is -12.7. The van der Waals surface area contributed by atoms with Crippen LogP contribution in [-0.4, -0.2) is 185 Å². The Labute approximate surface area is 357 Å². The van der Waals surface area contributed by atoms with Crippen LogP contribution >= 0.6 is 12.3 Å². The molecule has 0 bridgehead atoms. The summed E-state index contributed by atoms with van der Waals surface area (Å²) >= 11 is 0.0692. The number of hydrogen-bond acceptors (Lipinski definition) is 20. The van der Waals surface area contributed by atoms with Gasteiger partial charge in [-0.2, -0.15) is 0 Å². The minimum Gasteiger partial charge on any atom is -0.504 e. The summed E-state index contributed by atoms with van der Waals surface area (Å²) in [6.45, 7) is 1.17. The molecule has 3 fully saturated rings. The Balaban J connectivity index is 1.81. The van der Waals surface area contributed by atoms with Crippen LogP contribution in [0.2, 0.25) is 0 Å². The molecular weight excluding hydrogens is 852 g/mol. The summed E-state index contributed by atoms with van der Waals surface area (Å²) in [5, 5.41) is 96.9. The molecular formula is C35H52N8O18S. The Kier molecular flexibility index (Phi) is 17.6. The second-order valence-corrected chi connectivity index (χ2v) is 15.8. The fraction of sp³-hybridized carbons (Fsp3) is 0.629. The van der Waals surface area contributed by atoms with Crippen LogP contribution in [0.15, 0.2) is 18.2 Å². The van der Waals surface area contributed by atoms with Crippen LogP contribution in [0.1, 0.15) is 38.7 Å². The molecule has 3 aliphatic rings. The van der Waals surface area contributed by atoms with Crippen molar-refractivity contribution >= 4 is 53.7 Å². The summed E-state index contributed by atoms with van der Waals surface area (Å²) in [6, 6.07) is -7.43. The predicted octanol–water partition coefficient (Wildman–Crippen LogP) is -6.89. The maximum atomic E-state index is 14.3. The number of carbonyl (C=O) groups is 7. The standard InChI is InChI=1S/C35H52N8O18S/c1-13-11-43-28(29(13)51)33(55)38-10-16(45)7-18(36)30(52)39-25(14(2)44)34(56)42-12-17(46)8-19(42)31(53)40-26(32(54)41-27(35(43)57)22(49)9-24(37)50)21(48)5-15-3-4-20(47)23(6-15)59-62-61-60-58/h3-4,6,13-14,16-19,21-22,25-29,44-49,51,58H,5,7-12,36H2,1-2H3,(H2,37,50)(H,38,55)(H,39,52)(H,40,53)(H,41,54). The van der Waals surface area contributed by atoms with Gasteiger partial charge in [0.05, 0.1) is 49.1 Å². The molecule has 0 aromatic heterocycles. The maximum Gasteiger partial charge on any atom is 0.261 e. The van der Waals surface area contributed by atoms with Crippen molar-refractivity contribution in [3.63, 3.8) is 0 Å². The molecule has 0 aliphatic carbocycles. The van der Waals surface area contributed by atoms with Gasteiger partial charge in [0.2, 0.25) is 41.4 Å². The number of amides is 7. The zero-order valence-electron chi connectivity index (χ0n) is 33.3. The van der Waals surface area contributed by atoms with Crippen molar-refractivity contribution < 1.29 is 88.1 Å². The number of hydrogen-bond donors (Lipinski definition) is 14. The minimum atomic E-state index is -2.15. The van der Waals surface area contributed by atoms with Crippen LogP contribution in [0.4, 0.5) is 0 Å². The van der Waals surface area contributed by atoms with E-state index < -0.39 is 165 Å². The van der Waals surface area contributed by atoms with E-state index in [0.29, 0.717) is 0 Å². The van der Waals surface area contributed by atoms with E-state index in [1.54, 1.807) is 0 Å². The van der Waals surface area contributed by atoms with Crippen LogP contribution in [0.25, 0.3) is 0 Å². The molecule has 13 unspecified atom stereocenters. The van der Waals surface area contributed by atoms with Crippen LogP contribution < -0.4 is 36.9 Å². The SMILES string of the molecule is CC(O)C1NC(=O)C(N)CC(O)CNC(=O)C2C(O)C(C)CN2C(=O)C(C(O)CC(N)=O)NC(=O)C(C(O)Cc2ccc(O)c(OSOOO)c2)NC(=O)C2CC(O)CN2C1=O. The van der Waals surface area contributed by atoms with Crippen molar-refractivity contribution in [3.05, 3.63) is 23.8 Å². The van der Waals surface area contributed by atoms with Crippen molar-refractivity contribution in [2.24, 2.45) is 17.4 Å². The van der Waals surface area contributed by atoms with E-state index in [9.17, 15) is 69.3 Å². The lowest BCUT2D eigenvalue weighted by atomic mass is 9.98. The highest BCUT2D eigenvalue weighted by molar-refractivity contribution is 7.90. The highest BCUT2D eigenvalue weighted by Gasteiger charge is 2.49. The van der Waals surface area contributed by atoms with Crippen LogP contribution in [0.3, 0.4) is 0 Å². The number of aliphatic hydroxyl groups is 6. The van der Waals surface area contributed by atoms with E-state index in [1.807, 2.05) is 0 Å². The summed E-state index contributed by atoms with van der Waals surface area (Å²) < 4.78 is 9.19. The molecule has 0 saturated carbocycles. The Morgan fingerprint density at radius 2 is 1.52 bits per heavy atom. The number of nitrogens with two attached hydrogens (primary N) is 2. The van der Waals surface area contributed by atoms with Gasteiger partial charge in [-0.25, -0.2) is 5.26 Å². The third kappa shape index (κ3) is 12.4. The van der Waals surface area contributed by atoms with Gasteiger partial charge in [0.1, 0.15) is 30.2 Å². The normalized spacial score (nSPS) is 31.1. The maximum absolute atomic E-state index is 14.3. The van der Waals surface area contributed by atoms with Crippen molar-refractivity contribution in [2.75, 3.05) is 19.6 Å². The second kappa shape index (κ2) is 21.9. The number of fused-ring (bicyclic) bond motifs is 2. The lowest BCUT2D eigenvalue weighted by Gasteiger charge is -2.33. The fourth-order valence-electron chi connectivity index (χ4n) is 7.32. The average molecular weight is 905 g/mol. The van der Waals surface area contributed by atoms with E-state index in [-0.39, 0.29) is 30.2 Å². The lowest BCUT2D eigenvalue weighted by molar-refractivity contribution is -0.433. The van der Waals surface area contributed by atoms with E-state index >= 15 is 0 Å².